The Morgan fingerprint density at radius 1 is 1.24 bits per heavy atom. The van der Waals surface area contributed by atoms with Gasteiger partial charge in [0.15, 0.2) is 0 Å². The molecule has 1 aromatic carbocycles. The molecule has 2 aromatic rings. The topological polar surface area (TPSA) is 80.4 Å². The van der Waals surface area contributed by atoms with Gasteiger partial charge in [-0.3, -0.25) is 4.79 Å². The van der Waals surface area contributed by atoms with Crippen molar-refractivity contribution in [2.45, 2.75) is 31.8 Å². The first-order valence-corrected chi connectivity index (χ1v) is 8.60. The summed E-state index contributed by atoms with van der Waals surface area (Å²) in [6, 6.07) is 13.6. The standard InChI is InChI=1S/C19H24N4O2/c1-14(12-15-6-3-2-4-7-15)23-10-5-8-17(23)18(24)21-16-9-11-22(13-16)19(20)25/h2-8,10,14,16H,9,11-13H2,1H3,(H2,20,25)(H,21,24)/t14-,16-/m1/s1. The summed E-state index contributed by atoms with van der Waals surface area (Å²) in [5.74, 6) is -0.110. The molecule has 3 rings (SSSR count). The first kappa shape index (κ1) is 17.1. The van der Waals surface area contributed by atoms with E-state index in [1.807, 2.05) is 41.1 Å². The van der Waals surface area contributed by atoms with Crippen LogP contribution >= 0.6 is 0 Å². The number of amides is 3. The lowest BCUT2D eigenvalue weighted by Gasteiger charge is -2.19. The molecule has 2 heterocycles. The fraction of sp³-hybridized carbons (Fsp3) is 0.368. The highest BCUT2D eigenvalue weighted by atomic mass is 16.2. The van der Waals surface area contributed by atoms with Crippen molar-refractivity contribution in [2.24, 2.45) is 5.73 Å². The van der Waals surface area contributed by atoms with Gasteiger partial charge in [0, 0.05) is 31.4 Å². The summed E-state index contributed by atoms with van der Waals surface area (Å²) in [5.41, 5.74) is 7.17. The Hall–Kier alpha value is -2.76. The van der Waals surface area contributed by atoms with E-state index < -0.39 is 6.03 Å². The average Bonchev–Trinajstić information content (AvgIpc) is 3.25. The summed E-state index contributed by atoms with van der Waals surface area (Å²) in [6.07, 6.45) is 3.52. The van der Waals surface area contributed by atoms with Crippen LogP contribution in [0.2, 0.25) is 0 Å². The molecule has 0 spiro atoms. The smallest absolute Gasteiger partial charge is 0.314 e. The molecule has 3 N–H and O–H groups in total. The molecular weight excluding hydrogens is 316 g/mol. The number of benzene rings is 1. The first-order chi connectivity index (χ1) is 12.0. The molecule has 1 saturated heterocycles. The molecular formula is C19H24N4O2. The van der Waals surface area contributed by atoms with E-state index in [4.69, 9.17) is 5.73 Å². The molecule has 1 aliphatic heterocycles. The summed E-state index contributed by atoms with van der Waals surface area (Å²) in [7, 11) is 0. The Bertz CT molecular complexity index is 741. The minimum absolute atomic E-state index is 0.0484. The van der Waals surface area contributed by atoms with E-state index in [9.17, 15) is 9.59 Å². The van der Waals surface area contributed by atoms with Gasteiger partial charge in [-0.25, -0.2) is 4.79 Å². The van der Waals surface area contributed by atoms with Crippen molar-refractivity contribution in [3.63, 3.8) is 0 Å². The van der Waals surface area contributed by atoms with Crippen molar-refractivity contribution in [3.8, 4) is 0 Å². The third-order valence-corrected chi connectivity index (χ3v) is 4.70. The number of nitrogens with two attached hydrogens (primary N) is 1. The second-order valence-corrected chi connectivity index (χ2v) is 6.58. The number of likely N-dealkylation sites (tertiary alicyclic amines) is 1. The fourth-order valence-electron chi connectivity index (χ4n) is 3.36. The molecule has 1 aromatic heterocycles. The Kier molecular flexibility index (Phi) is 5.07. The van der Waals surface area contributed by atoms with Gasteiger partial charge < -0.3 is 20.5 Å². The zero-order chi connectivity index (χ0) is 17.8. The normalized spacial score (nSPS) is 18.1. The number of carbonyl (C=O) groups is 2. The molecule has 0 aliphatic carbocycles. The lowest BCUT2D eigenvalue weighted by Crippen LogP contribution is -2.40. The molecule has 1 aliphatic rings. The van der Waals surface area contributed by atoms with Crippen LogP contribution in [0.4, 0.5) is 4.79 Å². The van der Waals surface area contributed by atoms with Crippen LogP contribution in [0.25, 0.3) is 0 Å². The lowest BCUT2D eigenvalue weighted by molar-refractivity contribution is 0.0926. The molecule has 0 radical (unpaired) electrons. The highest BCUT2D eigenvalue weighted by Gasteiger charge is 2.27. The third-order valence-electron chi connectivity index (χ3n) is 4.70. The van der Waals surface area contributed by atoms with Crippen molar-refractivity contribution in [1.82, 2.24) is 14.8 Å². The van der Waals surface area contributed by atoms with Gasteiger partial charge in [0.2, 0.25) is 0 Å². The Morgan fingerprint density at radius 2 is 2.00 bits per heavy atom. The molecule has 3 amide bonds. The van der Waals surface area contributed by atoms with Crippen LogP contribution in [-0.4, -0.2) is 40.5 Å². The van der Waals surface area contributed by atoms with Gasteiger partial charge in [0.25, 0.3) is 5.91 Å². The monoisotopic (exact) mass is 340 g/mol. The van der Waals surface area contributed by atoms with Crippen molar-refractivity contribution < 1.29 is 9.59 Å². The van der Waals surface area contributed by atoms with Crippen LogP contribution in [-0.2, 0) is 6.42 Å². The number of urea groups is 1. The number of nitrogens with one attached hydrogen (secondary N) is 1. The van der Waals surface area contributed by atoms with Gasteiger partial charge >= 0.3 is 6.03 Å². The van der Waals surface area contributed by atoms with Gasteiger partial charge in [-0.05, 0) is 37.5 Å². The number of nitrogens with zero attached hydrogens (tertiary/aromatic N) is 2. The van der Waals surface area contributed by atoms with Crippen molar-refractivity contribution >= 4 is 11.9 Å². The van der Waals surface area contributed by atoms with Gasteiger partial charge in [-0.2, -0.15) is 0 Å². The van der Waals surface area contributed by atoms with Crippen molar-refractivity contribution in [3.05, 3.63) is 59.9 Å². The Morgan fingerprint density at radius 3 is 2.68 bits per heavy atom. The third kappa shape index (κ3) is 4.02. The molecule has 0 saturated carbocycles. The lowest BCUT2D eigenvalue weighted by atomic mass is 10.1. The minimum atomic E-state index is -0.434. The largest absolute Gasteiger partial charge is 0.351 e. The molecule has 132 valence electrons. The fourth-order valence-corrected chi connectivity index (χ4v) is 3.36. The van der Waals surface area contributed by atoms with Crippen LogP contribution in [0.3, 0.4) is 0 Å². The molecule has 6 nitrogen and oxygen atoms in total. The quantitative estimate of drug-likeness (QED) is 0.875. The first-order valence-electron chi connectivity index (χ1n) is 8.60. The van der Waals surface area contributed by atoms with Crippen LogP contribution in [0.1, 0.15) is 35.4 Å². The van der Waals surface area contributed by atoms with E-state index in [1.54, 1.807) is 4.90 Å². The second-order valence-electron chi connectivity index (χ2n) is 6.58. The number of carbonyl (C=O) groups excluding carboxylic acids is 2. The number of rotatable bonds is 5. The maximum absolute atomic E-state index is 12.6. The predicted octanol–water partition coefficient (Wildman–Crippen LogP) is 2.17. The zero-order valence-electron chi connectivity index (χ0n) is 14.4. The summed E-state index contributed by atoms with van der Waals surface area (Å²) in [6.45, 7) is 3.17. The van der Waals surface area contributed by atoms with E-state index in [0.29, 0.717) is 18.8 Å². The van der Waals surface area contributed by atoms with Crippen LogP contribution in [0.5, 0.6) is 0 Å². The number of hydrogen-bond acceptors (Lipinski definition) is 2. The SMILES string of the molecule is C[C@H](Cc1ccccc1)n1cccc1C(=O)N[C@@H]1CCN(C(N)=O)C1. The summed E-state index contributed by atoms with van der Waals surface area (Å²) in [4.78, 5) is 25.4. The van der Waals surface area contributed by atoms with E-state index in [1.165, 1.54) is 5.56 Å². The Balaban J connectivity index is 1.64. The highest BCUT2D eigenvalue weighted by Crippen LogP contribution is 2.18. The number of aromatic nitrogens is 1. The average molecular weight is 340 g/mol. The molecule has 0 unspecified atom stereocenters. The van der Waals surface area contributed by atoms with E-state index >= 15 is 0 Å². The van der Waals surface area contributed by atoms with Crippen molar-refractivity contribution in [1.29, 1.82) is 0 Å². The number of hydrogen-bond donors (Lipinski definition) is 2. The van der Waals surface area contributed by atoms with Gasteiger partial charge in [0.1, 0.15) is 5.69 Å². The van der Waals surface area contributed by atoms with Crippen LogP contribution in [0.15, 0.2) is 48.7 Å². The predicted molar refractivity (Wildman–Crippen MR) is 96.3 cm³/mol. The molecule has 0 bridgehead atoms. The molecule has 2 atom stereocenters. The summed E-state index contributed by atoms with van der Waals surface area (Å²) < 4.78 is 2.00. The summed E-state index contributed by atoms with van der Waals surface area (Å²) in [5, 5.41) is 3.02. The van der Waals surface area contributed by atoms with E-state index in [2.05, 4.69) is 24.4 Å². The van der Waals surface area contributed by atoms with Crippen molar-refractivity contribution in [2.75, 3.05) is 13.1 Å². The Labute approximate surface area is 147 Å². The maximum atomic E-state index is 12.6. The van der Waals surface area contributed by atoms with Crippen LogP contribution in [0, 0.1) is 0 Å². The van der Waals surface area contributed by atoms with Gasteiger partial charge in [-0.1, -0.05) is 30.3 Å². The minimum Gasteiger partial charge on any atom is -0.351 e. The van der Waals surface area contributed by atoms with E-state index in [-0.39, 0.29) is 18.0 Å². The van der Waals surface area contributed by atoms with E-state index in [0.717, 1.165) is 12.8 Å². The number of primary amides is 1. The molecule has 25 heavy (non-hydrogen) atoms. The summed E-state index contributed by atoms with van der Waals surface area (Å²) >= 11 is 0. The van der Waals surface area contributed by atoms with Gasteiger partial charge in [0.05, 0.1) is 0 Å². The van der Waals surface area contributed by atoms with Gasteiger partial charge in [-0.15, -0.1) is 0 Å². The molecule has 1 fully saturated rings. The van der Waals surface area contributed by atoms with Crippen LogP contribution < -0.4 is 11.1 Å². The highest BCUT2D eigenvalue weighted by molar-refractivity contribution is 5.93. The molecule has 6 heteroatoms. The second kappa shape index (κ2) is 7.42. The zero-order valence-corrected chi connectivity index (χ0v) is 14.4. The maximum Gasteiger partial charge on any atom is 0.314 e.